The lowest BCUT2D eigenvalue weighted by atomic mass is 9.69. The Morgan fingerprint density at radius 3 is 2.43 bits per heavy atom. The van der Waals surface area contributed by atoms with Crippen molar-refractivity contribution in [1.82, 2.24) is 0 Å². The predicted molar refractivity (Wildman–Crippen MR) is 83.3 cm³/mol. The minimum Gasteiger partial charge on any atom is -0.481 e. The molecule has 1 unspecified atom stereocenters. The van der Waals surface area contributed by atoms with Gasteiger partial charge in [0.25, 0.3) is 0 Å². The lowest BCUT2D eigenvalue weighted by Gasteiger charge is -2.40. The van der Waals surface area contributed by atoms with E-state index in [-0.39, 0.29) is 0 Å². The van der Waals surface area contributed by atoms with Crippen LogP contribution in [0.4, 0.5) is 0 Å². The van der Waals surface area contributed by atoms with E-state index in [1.54, 1.807) is 0 Å². The fourth-order valence-corrected chi connectivity index (χ4v) is 3.55. The predicted octanol–water partition coefficient (Wildman–Crippen LogP) is 3.97. The molecule has 0 saturated heterocycles. The summed E-state index contributed by atoms with van der Waals surface area (Å²) >= 11 is 0. The van der Waals surface area contributed by atoms with Crippen molar-refractivity contribution in [1.29, 1.82) is 0 Å². The number of carboxylic acid groups (broad SMARTS) is 1. The standard InChI is InChI=1S/C18H26O3/c1-2-3-9-16(17(19)20)18(21)12-10-15(11-13-18)14-7-5-4-6-8-14/h4-8,15-16,21H,2-3,9-13H2,1H3,(H,19,20). The summed E-state index contributed by atoms with van der Waals surface area (Å²) in [5, 5.41) is 20.3. The molecule has 0 bridgehead atoms. The third-order valence-electron chi connectivity index (χ3n) is 4.92. The largest absolute Gasteiger partial charge is 0.481 e. The molecule has 3 heteroatoms. The fraction of sp³-hybridized carbons (Fsp3) is 0.611. The van der Waals surface area contributed by atoms with E-state index < -0.39 is 17.5 Å². The summed E-state index contributed by atoms with van der Waals surface area (Å²) in [5.41, 5.74) is 0.284. The van der Waals surface area contributed by atoms with Crippen LogP contribution in [0.15, 0.2) is 30.3 Å². The van der Waals surface area contributed by atoms with Crippen LogP contribution in [0.1, 0.15) is 63.4 Å². The lowest BCUT2D eigenvalue weighted by Crippen LogP contribution is -2.45. The Bertz CT molecular complexity index is 447. The number of aliphatic hydroxyl groups is 1. The first-order valence-corrected chi connectivity index (χ1v) is 8.07. The summed E-state index contributed by atoms with van der Waals surface area (Å²) in [6, 6.07) is 10.3. The second-order valence-corrected chi connectivity index (χ2v) is 6.32. The van der Waals surface area contributed by atoms with E-state index in [4.69, 9.17) is 0 Å². The molecule has 21 heavy (non-hydrogen) atoms. The highest BCUT2D eigenvalue weighted by Crippen LogP contribution is 2.42. The highest BCUT2D eigenvalue weighted by atomic mass is 16.4. The third-order valence-corrected chi connectivity index (χ3v) is 4.92. The van der Waals surface area contributed by atoms with Crippen molar-refractivity contribution in [3.05, 3.63) is 35.9 Å². The first kappa shape index (κ1) is 16.0. The molecule has 1 saturated carbocycles. The van der Waals surface area contributed by atoms with Crippen LogP contribution in [-0.2, 0) is 4.79 Å². The molecular formula is C18H26O3. The highest BCUT2D eigenvalue weighted by Gasteiger charge is 2.43. The third kappa shape index (κ3) is 3.85. The second kappa shape index (κ2) is 7.08. The van der Waals surface area contributed by atoms with Crippen LogP contribution < -0.4 is 0 Å². The van der Waals surface area contributed by atoms with Gasteiger partial charge in [0.15, 0.2) is 0 Å². The number of rotatable bonds is 6. The van der Waals surface area contributed by atoms with Gasteiger partial charge in [-0.3, -0.25) is 4.79 Å². The van der Waals surface area contributed by atoms with Gasteiger partial charge in [0, 0.05) is 0 Å². The molecule has 3 nitrogen and oxygen atoms in total. The van der Waals surface area contributed by atoms with E-state index in [1.807, 2.05) is 18.2 Å². The van der Waals surface area contributed by atoms with E-state index in [2.05, 4.69) is 19.1 Å². The van der Waals surface area contributed by atoms with Crippen molar-refractivity contribution >= 4 is 5.97 Å². The highest BCUT2D eigenvalue weighted by molar-refractivity contribution is 5.71. The van der Waals surface area contributed by atoms with Gasteiger partial charge in [-0.25, -0.2) is 0 Å². The Morgan fingerprint density at radius 2 is 1.90 bits per heavy atom. The first-order chi connectivity index (χ1) is 10.1. The SMILES string of the molecule is CCCCC(C(=O)O)C1(O)CCC(c2ccccc2)CC1. The molecule has 1 aromatic rings. The number of carboxylic acids is 1. The van der Waals surface area contributed by atoms with Crippen molar-refractivity contribution in [2.45, 2.75) is 63.4 Å². The van der Waals surface area contributed by atoms with E-state index in [0.29, 0.717) is 25.2 Å². The molecule has 0 radical (unpaired) electrons. The molecule has 1 aliphatic carbocycles. The Kier molecular flexibility index (Phi) is 5.40. The van der Waals surface area contributed by atoms with Gasteiger partial charge in [0.2, 0.25) is 0 Å². The van der Waals surface area contributed by atoms with E-state index in [9.17, 15) is 15.0 Å². The Balaban J connectivity index is 2.01. The maximum absolute atomic E-state index is 11.5. The van der Waals surface area contributed by atoms with Crippen LogP contribution in [-0.4, -0.2) is 21.8 Å². The van der Waals surface area contributed by atoms with Gasteiger partial charge in [-0.05, 0) is 43.6 Å². The number of hydrogen-bond donors (Lipinski definition) is 2. The minimum absolute atomic E-state index is 0.451. The van der Waals surface area contributed by atoms with E-state index in [1.165, 1.54) is 5.56 Å². The van der Waals surface area contributed by atoms with Crippen LogP contribution in [0.5, 0.6) is 0 Å². The number of hydrogen-bond acceptors (Lipinski definition) is 2. The van der Waals surface area contributed by atoms with Crippen molar-refractivity contribution in [3.63, 3.8) is 0 Å². The van der Waals surface area contributed by atoms with Crippen molar-refractivity contribution in [2.75, 3.05) is 0 Å². The van der Waals surface area contributed by atoms with Gasteiger partial charge in [0.05, 0.1) is 11.5 Å². The number of aliphatic carboxylic acids is 1. The molecular weight excluding hydrogens is 264 g/mol. The van der Waals surface area contributed by atoms with Crippen molar-refractivity contribution < 1.29 is 15.0 Å². The molecule has 1 aliphatic rings. The average Bonchev–Trinajstić information content (AvgIpc) is 2.49. The molecule has 0 heterocycles. The first-order valence-electron chi connectivity index (χ1n) is 8.07. The Morgan fingerprint density at radius 1 is 1.29 bits per heavy atom. The zero-order valence-electron chi connectivity index (χ0n) is 12.8. The summed E-state index contributed by atoms with van der Waals surface area (Å²) < 4.78 is 0. The van der Waals surface area contributed by atoms with E-state index in [0.717, 1.165) is 25.7 Å². The number of carbonyl (C=O) groups is 1. The zero-order chi connectivity index (χ0) is 15.3. The van der Waals surface area contributed by atoms with Gasteiger partial charge >= 0.3 is 5.97 Å². The summed E-state index contributed by atoms with van der Waals surface area (Å²) in [6.45, 7) is 2.05. The summed E-state index contributed by atoms with van der Waals surface area (Å²) in [7, 11) is 0. The molecule has 0 amide bonds. The summed E-state index contributed by atoms with van der Waals surface area (Å²) in [5.74, 6) is -1.01. The van der Waals surface area contributed by atoms with Gasteiger partial charge in [0.1, 0.15) is 0 Å². The van der Waals surface area contributed by atoms with Gasteiger partial charge in [-0.15, -0.1) is 0 Å². The number of benzene rings is 1. The molecule has 116 valence electrons. The molecule has 2 N–H and O–H groups in total. The van der Waals surface area contributed by atoms with Crippen molar-refractivity contribution in [3.8, 4) is 0 Å². The maximum atomic E-state index is 11.5. The summed E-state index contributed by atoms with van der Waals surface area (Å²) in [6.07, 6.45) is 5.33. The molecule has 0 aliphatic heterocycles. The molecule has 1 atom stereocenters. The molecule has 1 aromatic carbocycles. The number of unbranched alkanes of at least 4 members (excludes halogenated alkanes) is 1. The smallest absolute Gasteiger partial charge is 0.309 e. The molecule has 1 fully saturated rings. The van der Waals surface area contributed by atoms with Gasteiger partial charge < -0.3 is 10.2 Å². The van der Waals surface area contributed by atoms with Crippen LogP contribution >= 0.6 is 0 Å². The quantitative estimate of drug-likeness (QED) is 0.833. The lowest BCUT2D eigenvalue weighted by molar-refractivity contribution is -0.156. The average molecular weight is 290 g/mol. The van der Waals surface area contributed by atoms with Crippen LogP contribution in [0.2, 0.25) is 0 Å². The minimum atomic E-state index is -1.02. The molecule has 0 spiro atoms. The van der Waals surface area contributed by atoms with Gasteiger partial charge in [-0.1, -0.05) is 50.1 Å². The fourth-order valence-electron chi connectivity index (χ4n) is 3.55. The molecule has 2 rings (SSSR count). The summed E-state index contributed by atoms with van der Waals surface area (Å²) in [4.78, 5) is 11.5. The van der Waals surface area contributed by atoms with Crippen LogP contribution in [0.25, 0.3) is 0 Å². The monoisotopic (exact) mass is 290 g/mol. The zero-order valence-corrected chi connectivity index (χ0v) is 12.8. The maximum Gasteiger partial charge on any atom is 0.309 e. The van der Waals surface area contributed by atoms with Crippen LogP contribution in [0.3, 0.4) is 0 Å². The Labute approximate surface area is 127 Å². The van der Waals surface area contributed by atoms with E-state index >= 15 is 0 Å². The topological polar surface area (TPSA) is 57.5 Å². The van der Waals surface area contributed by atoms with Gasteiger partial charge in [-0.2, -0.15) is 0 Å². The van der Waals surface area contributed by atoms with Crippen molar-refractivity contribution in [2.24, 2.45) is 5.92 Å². The van der Waals surface area contributed by atoms with Crippen LogP contribution in [0, 0.1) is 5.92 Å². The molecule has 0 aromatic heterocycles. The normalized spacial score (nSPS) is 27.2. The second-order valence-electron chi connectivity index (χ2n) is 6.32. The Hall–Kier alpha value is -1.35.